The van der Waals surface area contributed by atoms with Crippen LogP contribution in [0.25, 0.3) is 0 Å². The van der Waals surface area contributed by atoms with Gasteiger partial charge in [-0.3, -0.25) is 15.1 Å². The molecule has 10 heteroatoms. The predicted octanol–water partition coefficient (Wildman–Crippen LogP) is 1.44. The van der Waals surface area contributed by atoms with Crippen molar-refractivity contribution in [2.75, 3.05) is 13.2 Å². The van der Waals surface area contributed by atoms with E-state index < -0.39 is 10.9 Å². The van der Waals surface area contributed by atoms with E-state index in [1.807, 2.05) is 12.3 Å². The number of nitro groups is 1. The number of aliphatic imine (C=N–C) groups is 1. The van der Waals surface area contributed by atoms with E-state index in [0.29, 0.717) is 5.04 Å². The Labute approximate surface area is 150 Å². The Kier molecular flexibility index (Phi) is 12.2. The average Bonchev–Trinajstić information content (AvgIpc) is 2.51. The third kappa shape index (κ3) is 13.9. The summed E-state index contributed by atoms with van der Waals surface area (Å²) in [6.45, 7) is 2.89. The molecule has 0 radical (unpaired) electrons. The zero-order valence-electron chi connectivity index (χ0n) is 12.3. The number of aromatic nitrogens is 1. The molecule has 0 saturated heterocycles. The van der Waals surface area contributed by atoms with Crippen LogP contribution in [0.15, 0.2) is 27.9 Å². The molecular weight excluding hydrogens is 420 g/mol. The Balaban J connectivity index is 0.000000450. The second kappa shape index (κ2) is 13.0. The molecule has 0 aromatic carbocycles. The van der Waals surface area contributed by atoms with E-state index in [-0.39, 0.29) is 0 Å². The number of carbonyl (C=O) groups is 1. The van der Waals surface area contributed by atoms with Crippen LogP contribution in [-0.2, 0) is 26.8 Å². The fourth-order valence-corrected chi connectivity index (χ4v) is 1.68. The van der Waals surface area contributed by atoms with Crippen molar-refractivity contribution in [1.29, 1.82) is 0 Å². The molecule has 0 amide bonds. The van der Waals surface area contributed by atoms with Crippen molar-refractivity contribution in [3.8, 4) is 0 Å². The van der Waals surface area contributed by atoms with Gasteiger partial charge in [0.05, 0.1) is 6.67 Å². The minimum absolute atomic E-state index is 0.451. The molecule has 0 bridgehead atoms. The maximum absolute atomic E-state index is 9.01. The van der Waals surface area contributed by atoms with Crippen LogP contribution in [0.4, 0.5) is 0 Å². The van der Waals surface area contributed by atoms with E-state index in [2.05, 4.69) is 52.9 Å². The van der Waals surface area contributed by atoms with Gasteiger partial charge >= 0.3 is 35.7 Å². The van der Waals surface area contributed by atoms with E-state index in [4.69, 9.17) is 20.0 Å². The summed E-state index contributed by atoms with van der Waals surface area (Å²) in [6, 6.07) is 4.05. The van der Waals surface area contributed by atoms with Crippen molar-refractivity contribution in [1.82, 2.24) is 10.3 Å². The quantitative estimate of drug-likeness (QED) is 0.320. The van der Waals surface area contributed by atoms with E-state index in [1.165, 1.54) is 11.3 Å². The summed E-state index contributed by atoms with van der Waals surface area (Å²) in [4.78, 5) is 25.9. The number of hydrogen-bond donors (Lipinski definition) is 2. The topological polar surface area (TPSA) is 118 Å². The Morgan fingerprint density at radius 2 is 2.22 bits per heavy atom. The summed E-state index contributed by atoms with van der Waals surface area (Å²) in [5.74, 6) is -0.833. The van der Waals surface area contributed by atoms with Crippen LogP contribution in [0.3, 0.4) is 0 Å². The van der Waals surface area contributed by atoms with Gasteiger partial charge in [-0.2, -0.15) is 0 Å². The molecule has 2 rings (SSSR count). The van der Waals surface area contributed by atoms with Crippen LogP contribution >= 0.6 is 15.9 Å². The Hall–Kier alpha value is -1.48. The molecule has 8 nitrogen and oxygen atoms in total. The van der Waals surface area contributed by atoms with E-state index in [9.17, 15) is 0 Å². The van der Waals surface area contributed by atoms with Crippen LogP contribution in [0.1, 0.15) is 18.9 Å². The van der Waals surface area contributed by atoms with Crippen molar-refractivity contribution in [2.24, 2.45) is 4.99 Å². The van der Waals surface area contributed by atoms with Crippen LogP contribution in [0, 0.1) is 10.1 Å². The molecule has 1 aliphatic rings. The fourth-order valence-electron chi connectivity index (χ4n) is 1.45. The molecule has 131 valence electrons. The first-order valence-corrected chi connectivity index (χ1v) is 7.74. The van der Waals surface area contributed by atoms with Gasteiger partial charge in [0.2, 0.25) is 0 Å². The third-order valence-corrected chi connectivity index (χ3v) is 2.93. The summed E-state index contributed by atoms with van der Waals surface area (Å²) in [6.07, 6.45) is 3.88. The van der Waals surface area contributed by atoms with Gasteiger partial charge < -0.3 is 5.11 Å². The molecule has 0 fully saturated rings. The van der Waals surface area contributed by atoms with Gasteiger partial charge in [-0.15, -0.1) is 0 Å². The van der Waals surface area contributed by atoms with Crippen molar-refractivity contribution in [3.63, 3.8) is 0 Å². The third-order valence-electron chi connectivity index (χ3n) is 2.27. The Morgan fingerprint density at radius 3 is 2.61 bits per heavy atom. The van der Waals surface area contributed by atoms with Crippen LogP contribution in [0.2, 0.25) is 0 Å². The van der Waals surface area contributed by atoms with E-state index in [1.54, 1.807) is 0 Å². The van der Waals surface area contributed by atoms with Gasteiger partial charge in [0.1, 0.15) is 4.60 Å². The monoisotopic (exact) mass is 435 g/mol. The zero-order valence-corrected chi connectivity index (χ0v) is 14.9. The molecule has 1 aromatic rings. The van der Waals surface area contributed by atoms with Crippen molar-refractivity contribution >= 4 is 32.7 Å². The van der Waals surface area contributed by atoms with Gasteiger partial charge in [-0.1, -0.05) is 6.07 Å². The van der Waals surface area contributed by atoms with Crippen LogP contribution in [-0.4, -0.2) is 45.0 Å². The molecule has 23 heavy (non-hydrogen) atoms. The second-order valence-corrected chi connectivity index (χ2v) is 5.24. The SMILES string of the molecule is Brc1ccc(CC2=NCNCC2)cn1.CC(=O)O.O=[N+]([O-])[CH]=[Cu]. The molecular formula is C13H17BrCuN4O4. The van der Waals surface area contributed by atoms with Crippen LogP contribution in [0.5, 0.6) is 0 Å². The van der Waals surface area contributed by atoms with Gasteiger partial charge in [0, 0.05) is 31.8 Å². The average molecular weight is 437 g/mol. The first kappa shape index (κ1) is 21.5. The summed E-state index contributed by atoms with van der Waals surface area (Å²) >= 11 is 7.29. The molecule has 0 saturated carbocycles. The molecule has 0 unspecified atom stereocenters. The summed E-state index contributed by atoms with van der Waals surface area (Å²) in [7, 11) is 0. The maximum atomic E-state index is 9.01. The van der Waals surface area contributed by atoms with Gasteiger partial charge in [0.15, 0.2) is 0 Å². The molecule has 2 N–H and O–H groups in total. The first-order chi connectivity index (χ1) is 10.8. The molecule has 0 atom stereocenters. The second-order valence-electron chi connectivity index (χ2n) is 4.18. The number of hydrogen-bond acceptors (Lipinski definition) is 6. The first-order valence-electron chi connectivity index (χ1n) is 6.40. The minimum atomic E-state index is -0.833. The van der Waals surface area contributed by atoms with Crippen LogP contribution < -0.4 is 5.32 Å². The normalized spacial score (nSPS) is 12.6. The number of carboxylic acid groups (broad SMARTS) is 1. The summed E-state index contributed by atoms with van der Waals surface area (Å²) in [5.41, 5.74) is 2.50. The van der Waals surface area contributed by atoms with Gasteiger partial charge in [0.25, 0.3) is 5.97 Å². The molecule has 0 spiro atoms. The van der Waals surface area contributed by atoms with E-state index >= 15 is 0 Å². The molecule has 1 aromatic heterocycles. The summed E-state index contributed by atoms with van der Waals surface area (Å²) in [5, 5.41) is 20.1. The number of nitrogens with zero attached hydrogens (tertiary/aromatic N) is 3. The van der Waals surface area contributed by atoms with Gasteiger partial charge in [-0.25, -0.2) is 4.98 Å². The Morgan fingerprint density at radius 1 is 1.61 bits per heavy atom. The standard InChI is InChI=1S/C10H12BrN3.C2H4O2.CHNO2.Cu/c11-10-2-1-8(6-13-10)5-9-3-4-12-7-14-9;2*1-2(3)4;/h1-2,6,12H,3-5,7H2;1H3,(H,3,4);1H;. The van der Waals surface area contributed by atoms with E-state index in [0.717, 1.165) is 37.6 Å². The van der Waals surface area contributed by atoms with Crippen molar-refractivity contribution in [3.05, 3.63) is 38.6 Å². The number of carboxylic acids is 1. The molecule has 1 aliphatic heterocycles. The predicted molar refractivity (Wildman–Crippen MR) is 86.9 cm³/mol. The fraction of sp³-hybridized carbons (Fsp3) is 0.385. The Bertz CT molecular complexity index is 547. The number of halogens is 1. The number of pyridine rings is 1. The summed E-state index contributed by atoms with van der Waals surface area (Å²) < 4.78 is 0.883. The molecule has 0 aliphatic carbocycles. The number of rotatable bonds is 3. The number of aliphatic carboxylic acids is 1. The molecule has 2 heterocycles. The van der Waals surface area contributed by atoms with Crippen molar-refractivity contribution < 1.29 is 30.4 Å². The van der Waals surface area contributed by atoms with Gasteiger partial charge in [-0.05, 0) is 34.0 Å². The zero-order chi connectivity index (χ0) is 17.7. The number of nitrogens with one attached hydrogen (secondary N) is 1. The van der Waals surface area contributed by atoms with Crippen molar-refractivity contribution in [2.45, 2.75) is 19.8 Å².